The molecule has 4 aromatic rings. The Morgan fingerprint density at radius 2 is 1.36 bits per heavy atom. The molecule has 0 atom stereocenters. The Morgan fingerprint density at radius 1 is 0.760 bits per heavy atom. The summed E-state index contributed by atoms with van der Waals surface area (Å²) in [6.07, 6.45) is 0. The maximum absolute atomic E-state index is 3.25. The van der Waals surface area contributed by atoms with Crippen LogP contribution in [0.15, 0.2) is 103 Å². The number of hydrogen-bond donors (Lipinski definition) is 0. The summed E-state index contributed by atoms with van der Waals surface area (Å²) >= 11 is 0. The van der Waals surface area contributed by atoms with Crippen LogP contribution in [-0.4, -0.2) is 15.5 Å². The average molecular weight is 507 g/mol. The van der Waals surface area contributed by atoms with Crippen molar-refractivity contribution >= 4 is 26.3 Å². The standard InChI is InChI=1S/C9H7.C7H7Si.C5H5.C2H5.Hf/c1-2-5-9-7-3-6-8(9)4-1;8-6-7-4-2-1-3-5-7;1-2-4-5-3-1;1-2;/h1-7H;1-5H,8H2;1-5H;1H2,2H3;/q4*-1;+4. The van der Waals surface area contributed by atoms with Crippen LogP contribution in [0.4, 0.5) is 0 Å². The summed E-state index contributed by atoms with van der Waals surface area (Å²) < 4.78 is 0. The first kappa shape index (κ1) is 23.4. The monoisotopic (exact) mass is 508 g/mol. The van der Waals surface area contributed by atoms with Gasteiger partial charge in [-0.25, -0.2) is 12.1 Å². The first-order chi connectivity index (χ1) is 11.9. The Labute approximate surface area is 174 Å². The zero-order valence-corrected chi connectivity index (χ0v) is 19.7. The number of rotatable bonds is 1. The quantitative estimate of drug-likeness (QED) is 0.247. The summed E-state index contributed by atoms with van der Waals surface area (Å²) in [5, 5.41) is 2.66. The van der Waals surface area contributed by atoms with Gasteiger partial charge in [0.05, 0.1) is 0 Å². The average Bonchev–Trinajstić information content (AvgIpc) is 3.39. The predicted octanol–water partition coefficient (Wildman–Crippen LogP) is 5.15. The molecule has 0 nitrogen and oxygen atoms in total. The van der Waals surface area contributed by atoms with Crippen molar-refractivity contribution in [1.29, 1.82) is 0 Å². The van der Waals surface area contributed by atoms with Gasteiger partial charge in [-0.3, -0.25) is 0 Å². The summed E-state index contributed by atoms with van der Waals surface area (Å²) in [7, 11) is 1.73. The van der Waals surface area contributed by atoms with E-state index in [9.17, 15) is 0 Å². The van der Waals surface area contributed by atoms with Crippen molar-refractivity contribution in [1.82, 2.24) is 0 Å². The van der Waals surface area contributed by atoms with Crippen LogP contribution in [0, 0.1) is 6.92 Å². The van der Waals surface area contributed by atoms with Crippen LogP contribution in [0.3, 0.4) is 0 Å². The minimum Gasteiger partial charge on any atom is -0.346 e. The molecule has 0 aliphatic carbocycles. The number of benzene rings is 2. The van der Waals surface area contributed by atoms with Gasteiger partial charge >= 0.3 is 25.8 Å². The normalized spacial score (nSPS) is 8.24. The molecule has 0 fully saturated rings. The molecule has 25 heavy (non-hydrogen) atoms. The summed E-state index contributed by atoms with van der Waals surface area (Å²) in [4.78, 5) is 0. The van der Waals surface area contributed by atoms with Crippen molar-refractivity contribution in [2.45, 2.75) is 6.92 Å². The molecule has 4 aromatic carbocycles. The minimum atomic E-state index is 0. The molecular formula is C23H24HfSi. The molecule has 0 radical (unpaired) electrons. The van der Waals surface area contributed by atoms with Crippen LogP contribution in [0.5, 0.6) is 0 Å². The van der Waals surface area contributed by atoms with E-state index in [1.54, 1.807) is 16.8 Å². The smallest absolute Gasteiger partial charge is 0.346 e. The molecule has 0 N–H and O–H groups in total. The Morgan fingerprint density at radius 3 is 1.84 bits per heavy atom. The van der Waals surface area contributed by atoms with E-state index in [1.165, 1.54) is 16.3 Å². The zero-order chi connectivity index (χ0) is 17.5. The van der Waals surface area contributed by atoms with Crippen LogP contribution in [0.1, 0.15) is 12.5 Å². The Kier molecular flexibility index (Phi) is 14.8. The van der Waals surface area contributed by atoms with E-state index in [0.29, 0.717) is 0 Å². The van der Waals surface area contributed by atoms with Crippen LogP contribution in [0.2, 0.25) is 0 Å². The van der Waals surface area contributed by atoms with Gasteiger partial charge in [-0.05, 0) is 0 Å². The van der Waals surface area contributed by atoms with Crippen LogP contribution >= 0.6 is 0 Å². The molecule has 0 amide bonds. The van der Waals surface area contributed by atoms with E-state index in [-0.39, 0.29) is 25.8 Å². The second-order valence-corrected chi connectivity index (χ2v) is 5.01. The van der Waals surface area contributed by atoms with E-state index in [2.05, 4.69) is 55.1 Å². The third-order valence-corrected chi connectivity index (χ3v) is 3.49. The summed E-state index contributed by atoms with van der Waals surface area (Å²) in [5.41, 5.74) is 4.23. The van der Waals surface area contributed by atoms with Gasteiger partial charge in [0, 0.05) is 0 Å². The SMILES string of the molecule is [CH2-]C.[Hf+4].[SiH2]=[C-]c1ccccc1.c1cc[cH-]c1.c1ccc2[cH-]ccc2c1. The molecule has 0 aliphatic heterocycles. The van der Waals surface area contributed by atoms with Gasteiger partial charge in [0.25, 0.3) is 0 Å². The zero-order valence-electron chi connectivity index (χ0n) is 14.7. The van der Waals surface area contributed by atoms with Crippen LogP contribution in [0.25, 0.3) is 10.8 Å². The molecule has 0 saturated carbocycles. The third-order valence-electron chi connectivity index (χ3n) is 3.08. The van der Waals surface area contributed by atoms with Crippen molar-refractivity contribution < 1.29 is 25.8 Å². The van der Waals surface area contributed by atoms with Gasteiger partial charge < -0.3 is 6.92 Å². The first-order valence-electron chi connectivity index (χ1n) is 7.96. The maximum Gasteiger partial charge on any atom is 4.00 e. The van der Waals surface area contributed by atoms with Gasteiger partial charge in [-0.15, -0.1) is 41.8 Å². The molecule has 0 heterocycles. The number of fused-ring (bicyclic) bond motifs is 1. The van der Waals surface area contributed by atoms with Gasteiger partial charge in [0.2, 0.25) is 0 Å². The van der Waals surface area contributed by atoms with Gasteiger partial charge in [-0.1, -0.05) is 22.0 Å². The fourth-order valence-corrected chi connectivity index (χ4v) is 2.18. The van der Waals surface area contributed by atoms with Gasteiger partial charge in [0.15, 0.2) is 0 Å². The molecule has 124 valence electrons. The topological polar surface area (TPSA) is 0 Å². The van der Waals surface area contributed by atoms with E-state index in [0.717, 1.165) is 0 Å². The Hall–Kier alpha value is -1.64. The van der Waals surface area contributed by atoms with E-state index >= 15 is 0 Å². The largest absolute Gasteiger partial charge is 4.00 e. The fourth-order valence-electron chi connectivity index (χ4n) is 1.95. The fraction of sp³-hybridized carbons (Fsp3) is 0.0435. The molecule has 0 spiro atoms. The predicted molar refractivity (Wildman–Crippen MR) is 112 cm³/mol. The second kappa shape index (κ2) is 15.9. The van der Waals surface area contributed by atoms with Gasteiger partial charge in [0.1, 0.15) is 0 Å². The molecule has 4 rings (SSSR count). The van der Waals surface area contributed by atoms with Crippen molar-refractivity contribution in [3.63, 3.8) is 0 Å². The van der Waals surface area contributed by atoms with Crippen LogP contribution in [-0.2, 0) is 25.8 Å². The second-order valence-electron chi connectivity index (χ2n) is 4.66. The minimum absolute atomic E-state index is 0. The summed E-state index contributed by atoms with van der Waals surface area (Å²) in [6, 6.07) is 34.8. The third kappa shape index (κ3) is 10.1. The van der Waals surface area contributed by atoms with Crippen molar-refractivity contribution in [3.8, 4) is 0 Å². The van der Waals surface area contributed by atoms with E-state index in [1.807, 2.05) is 60.7 Å². The molecule has 0 aromatic heterocycles. The van der Waals surface area contributed by atoms with Crippen molar-refractivity contribution in [3.05, 3.63) is 116 Å². The summed E-state index contributed by atoms with van der Waals surface area (Å²) in [5.74, 6) is 0. The van der Waals surface area contributed by atoms with Gasteiger partial charge in [-0.2, -0.15) is 66.0 Å². The molecule has 0 aliphatic rings. The molecule has 2 heteroatoms. The number of hydrogen-bond acceptors (Lipinski definition) is 0. The van der Waals surface area contributed by atoms with E-state index < -0.39 is 0 Å². The Balaban J connectivity index is 0.000000333. The molecular weight excluding hydrogens is 483 g/mol. The molecule has 0 bridgehead atoms. The molecule has 0 saturated heterocycles. The Bertz CT molecular complexity index is 708. The first-order valence-corrected chi connectivity index (χ1v) is 8.67. The maximum atomic E-state index is 3.25. The van der Waals surface area contributed by atoms with Crippen molar-refractivity contribution in [2.75, 3.05) is 0 Å². The molecule has 0 unspecified atom stereocenters. The summed E-state index contributed by atoms with van der Waals surface area (Å²) in [6.45, 7) is 5.00. The van der Waals surface area contributed by atoms with E-state index in [4.69, 9.17) is 0 Å². The van der Waals surface area contributed by atoms with Crippen LogP contribution < -0.4 is 0 Å². The van der Waals surface area contributed by atoms with Crippen molar-refractivity contribution in [2.24, 2.45) is 0 Å².